The van der Waals surface area contributed by atoms with Crippen LogP contribution in [0.15, 0.2) is 0 Å². The molecule has 0 heterocycles. The Balaban J connectivity index is 5.41. The molecule has 0 aromatic heterocycles. The van der Waals surface area contributed by atoms with E-state index in [4.69, 9.17) is 0 Å². The van der Waals surface area contributed by atoms with Crippen LogP contribution in [0.4, 0.5) is 0 Å². The van der Waals surface area contributed by atoms with Crippen molar-refractivity contribution in [3.05, 3.63) is 0 Å². The topological polar surface area (TPSA) is 20.2 Å². The summed E-state index contributed by atoms with van der Waals surface area (Å²) in [6.45, 7) is 11.6. The second kappa shape index (κ2) is 16.0. The Labute approximate surface area is 158 Å². The van der Waals surface area contributed by atoms with E-state index < -0.39 is 18.4 Å². The molecular formula is C22H48OSn. The molecule has 0 aliphatic rings. The Morgan fingerprint density at radius 1 is 0.583 bits per heavy atom. The normalized spacial score (nSPS) is 14.8. The fourth-order valence-electron chi connectivity index (χ4n) is 4.46. The van der Waals surface area contributed by atoms with E-state index in [0.717, 1.165) is 10.4 Å². The third-order valence-corrected chi connectivity index (χ3v) is 24.0. The minimum atomic E-state index is -2.30. The first-order chi connectivity index (χ1) is 11.6. The molecule has 0 bridgehead atoms. The van der Waals surface area contributed by atoms with Crippen molar-refractivity contribution in [2.45, 2.75) is 135 Å². The molecular weight excluding hydrogens is 399 g/mol. The van der Waals surface area contributed by atoms with E-state index in [2.05, 4.69) is 34.6 Å². The fraction of sp³-hybridized carbons (Fsp3) is 1.00. The van der Waals surface area contributed by atoms with Crippen molar-refractivity contribution in [3.63, 3.8) is 0 Å². The van der Waals surface area contributed by atoms with Crippen molar-refractivity contribution in [1.29, 1.82) is 0 Å². The molecule has 2 heteroatoms. The molecule has 24 heavy (non-hydrogen) atoms. The monoisotopic (exact) mass is 448 g/mol. The molecule has 0 saturated carbocycles. The molecule has 1 N–H and O–H groups in total. The third-order valence-electron chi connectivity index (χ3n) is 6.06. The van der Waals surface area contributed by atoms with Crippen LogP contribution in [0.2, 0.25) is 17.2 Å². The van der Waals surface area contributed by atoms with Crippen molar-refractivity contribution < 1.29 is 5.11 Å². The SMILES string of the molecule is CCCCC(O)[CH](CCCC)[Sn]([CH2]CCC)([CH2]CCC)[CH2]CCC. The van der Waals surface area contributed by atoms with Gasteiger partial charge >= 0.3 is 159 Å². The van der Waals surface area contributed by atoms with E-state index >= 15 is 0 Å². The van der Waals surface area contributed by atoms with Gasteiger partial charge in [0, 0.05) is 0 Å². The van der Waals surface area contributed by atoms with Gasteiger partial charge in [-0.25, -0.2) is 0 Å². The second-order valence-electron chi connectivity index (χ2n) is 8.13. The van der Waals surface area contributed by atoms with Crippen molar-refractivity contribution in [3.8, 4) is 0 Å². The van der Waals surface area contributed by atoms with Gasteiger partial charge in [-0.1, -0.05) is 0 Å². The van der Waals surface area contributed by atoms with Crippen molar-refractivity contribution in [2.75, 3.05) is 0 Å². The van der Waals surface area contributed by atoms with Crippen LogP contribution in [0.1, 0.15) is 112 Å². The van der Waals surface area contributed by atoms with Gasteiger partial charge in [-0.2, -0.15) is 0 Å². The molecule has 0 saturated heterocycles. The number of aliphatic hydroxyl groups excluding tert-OH is 1. The van der Waals surface area contributed by atoms with Crippen LogP contribution in [-0.2, 0) is 0 Å². The van der Waals surface area contributed by atoms with Gasteiger partial charge in [0.1, 0.15) is 0 Å². The maximum atomic E-state index is 11.2. The van der Waals surface area contributed by atoms with E-state index in [0.29, 0.717) is 0 Å². The van der Waals surface area contributed by atoms with E-state index in [9.17, 15) is 5.11 Å². The maximum absolute atomic E-state index is 11.2. The third kappa shape index (κ3) is 9.45. The van der Waals surface area contributed by atoms with Gasteiger partial charge in [0.2, 0.25) is 0 Å². The summed E-state index contributed by atoms with van der Waals surface area (Å²) < 4.78 is 5.37. The van der Waals surface area contributed by atoms with E-state index in [1.807, 2.05) is 0 Å². The Morgan fingerprint density at radius 3 is 1.33 bits per heavy atom. The molecule has 146 valence electrons. The second-order valence-corrected chi connectivity index (χ2v) is 22.3. The molecule has 0 rings (SSSR count). The zero-order valence-electron chi connectivity index (χ0n) is 17.7. The van der Waals surface area contributed by atoms with Gasteiger partial charge in [0.05, 0.1) is 0 Å². The Morgan fingerprint density at radius 2 is 0.958 bits per heavy atom. The van der Waals surface area contributed by atoms with Crippen LogP contribution in [0.5, 0.6) is 0 Å². The fourth-order valence-corrected chi connectivity index (χ4v) is 24.0. The zero-order valence-corrected chi connectivity index (χ0v) is 20.6. The molecule has 0 aliphatic carbocycles. The number of aliphatic hydroxyl groups is 1. The molecule has 0 aromatic carbocycles. The first kappa shape index (κ1) is 24.8. The Hall–Kier alpha value is 0.759. The van der Waals surface area contributed by atoms with Crippen molar-refractivity contribution in [2.24, 2.45) is 0 Å². The van der Waals surface area contributed by atoms with Crippen molar-refractivity contribution >= 4 is 18.4 Å². The van der Waals surface area contributed by atoms with Gasteiger partial charge in [0.25, 0.3) is 0 Å². The Bertz CT molecular complexity index is 245. The number of unbranched alkanes of at least 4 members (excludes halogenated alkanes) is 5. The van der Waals surface area contributed by atoms with Crippen LogP contribution < -0.4 is 0 Å². The van der Waals surface area contributed by atoms with Crippen LogP contribution in [0.3, 0.4) is 0 Å². The molecule has 1 nitrogen and oxygen atoms in total. The zero-order chi connectivity index (χ0) is 18.3. The first-order valence-electron chi connectivity index (χ1n) is 11.3. The van der Waals surface area contributed by atoms with E-state index in [-0.39, 0.29) is 6.10 Å². The molecule has 0 amide bonds. The van der Waals surface area contributed by atoms with Crippen molar-refractivity contribution in [1.82, 2.24) is 0 Å². The van der Waals surface area contributed by atoms with Crippen LogP contribution >= 0.6 is 0 Å². The average Bonchev–Trinajstić information content (AvgIpc) is 2.60. The van der Waals surface area contributed by atoms with Gasteiger partial charge in [0.15, 0.2) is 0 Å². The van der Waals surface area contributed by atoms with Gasteiger partial charge < -0.3 is 0 Å². The summed E-state index contributed by atoms with van der Waals surface area (Å²) >= 11 is -2.30. The molecule has 2 atom stereocenters. The van der Waals surface area contributed by atoms with Gasteiger partial charge in [-0.05, 0) is 0 Å². The quantitative estimate of drug-likeness (QED) is 0.224. The van der Waals surface area contributed by atoms with Gasteiger partial charge in [-0.15, -0.1) is 0 Å². The molecule has 0 aromatic rings. The summed E-state index contributed by atoms with van der Waals surface area (Å²) in [5.74, 6) is 0. The average molecular weight is 447 g/mol. The summed E-state index contributed by atoms with van der Waals surface area (Å²) in [5, 5.41) is 11.2. The molecule has 2 unspecified atom stereocenters. The summed E-state index contributed by atoms with van der Waals surface area (Å²) in [6, 6.07) is 0. The number of hydrogen-bond donors (Lipinski definition) is 1. The first-order valence-corrected chi connectivity index (χ1v) is 19.0. The van der Waals surface area contributed by atoms with E-state index in [1.165, 1.54) is 70.6 Å². The van der Waals surface area contributed by atoms with Crippen LogP contribution in [0.25, 0.3) is 0 Å². The summed E-state index contributed by atoms with van der Waals surface area (Å²) in [4.78, 5) is 0. The number of hydrogen-bond acceptors (Lipinski definition) is 1. The summed E-state index contributed by atoms with van der Waals surface area (Å²) in [7, 11) is 0. The standard InChI is InChI=1S/C10H21O.3C4H9.Sn/c1-3-5-7-9-10(11)8-6-4-2;3*1-3-4-2;/h9-11H,3-8H2,1-2H3;3*1,3-4H2,2H3;. The van der Waals surface area contributed by atoms with Crippen LogP contribution in [0, 0.1) is 0 Å². The van der Waals surface area contributed by atoms with E-state index in [1.54, 1.807) is 13.3 Å². The Kier molecular flexibility index (Phi) is 16.5. The van der Waals surface area contributed by atoms with Gasteiger partial charge in [-0.3, -0.25) is 0 Å². The minimum absolute atomic E-state index is 0.0119. The summed E-state index contributed by atoms with van der Waals surface area (Å²) in [6.07, 6.45) is 15.7. The summed E-state index contributed by atoms with van der Waals surface area (Å²) in [5.41, 5.74) is 0. The molecule has 0 fully saturated rings. The van der Waals surface area contributed by atoms with Crippen LogP contribution in [-0.4, -0.2) is 29.6 Å². The predicted octanol–water partition coefficient (Wildman–Crippen LogP) is 7.95. The molecule has 0 radical (unpaired) electrons. The molecule has 0 spiro atoms. The molecule has 0 aliphatic heterocycles. The number of rotatable bonds is 17. The predicted molar refractivity (Wildman–Crippen MR) is 114 cm³/mol.